The van der Waals surface area contributed by atoms with E-state index in [0.717, 1.165) is 5.56 Å². The zero-order chi connectivity index (χ0) is 17.4. The molecular weight excluding hydrogens is 296 g/mol. The minimum atomic E-state index is -0.439. The summed E-state index contributed by atoms with van der Waals surface area (Å²) in [7, 11) is 1.32. The van der Waals surface area contributed by atoms with Gasteiger partial charge in [-0.1, -0.05) is 24.6 Å². The Kier molecular flexibility index (Phi) is 7.25. The van der Waals surface area contributed by atoms with Gasteiger partial charge in [-0.05, 0) is 19.1 Å². The van der Waals surface area contributed by atoms with Crippen LogP contribution in [0, 0.1) is 12.8 Å². The highest BCUT2D eigenvalue weighted by Gasteiger charge is 2.22. The molecule has 23 heavy (non-hydrogen) atoms. The maximum absolute atomic E-state index is 12.7. The van der Waals surface area contributed by atoms with Crippen molar-refractivity contribution >= 4 is 17.8 Å². The van der Waals surface area contributed by atoms with Crippen molar-refractivity contribution < 1.29 is 19.1 Å². The molecule has 1 rings (SSSR count). The first-order chi connectivity index (χ1) is 10.8. The number of carbonyl (C=O) groups is 3. The Balaban J connectivity index is 2.86. The quantitative estimate of drug-likeness (QED) is 0.770. The van der Waals surface area contributed by atoms with Crippen molar-refractivity contribution in [1.29, 1.82) is 0 Å². The van der Waals surface area contributed by atoms with Crippen LogP contribution in [0.25, 0.3) is 0 Å². The van der Waals surface area contributed by atoms with Gasteiger partial charge in [-0.15, -0.1) is 0 Å². The first-order valence-electron chi connectivity index (χ1n) is 7.53. The summed E-state index contributed by atoms with van der Waals surface area (Å²) >= 11 is 0. The average Bonchev–Trinajstić information content (AvgIpc) is 2.51. The van der Waals surface area contributed by atoms with E-state index in [1.165, 1.54) is 14.0 Å². The van der Waals surface area contributed by atoms with Crippen molar-refractivity contribution in [2.24, 2.45) is 5.92 Å². The van der Waals surface area contributed by atoms with Crippen molar-refractivity contribution in [3.05, 3.63) is 35.4 Å². The number of aryl methyl sites for hydroxylation is 1. The van der Waals surface area contributed by atoms with E-state index in [2.05, 4.69) is 5.32 Å². The van der Waals surface area contributed by atoms with Crippen LogP contribution in [0.5, 0.6) is 0 Å². The molecule has 0 saturated heterocycles. The van der Waals surface area contributed by atoms with E-state index in [-0.39, 0.29) is 24.3 Å². The molecule has 1 unspecified atom stereocenters. The summed E-state index contributed by atoms with van der Waals surface area (Å²) in [5.74, 6) is -1.14. The fourth-order valence-corrected chi connectivity index (χ4v) is 2.21. The third-order valence-corrected chi connectivity index (χ3v) is 3.41. The van der Waals surface area contributed by atoms with Crippen LogP contribution in [0.1, 0.15) is 29.8 Å². The average molecular weight is 320 g/mol. The highest BCUT2D eigenvalue weighted by Crippen LogP contribution is 2.10. The SMILES string of the molecule is COC(=O)C(C)CN(CCNC(C)=O)C(=O)c1cccc(C)c1. The van der Waals surface area contributed by atoms with Gasteiger partial charge >= 0.3 is 5.97 Å². The number of rotatable bonds is 7. The number of nitrogens with zero attached hydrogens (tertiary/aromatic N) is 1. The molecule has 0 aliphatic carbocycles. The normalized spacial score (nSPS) is 11.5. The molecule has 0 aromatic heterocycles. The lowest BCUT2D eigenvalue weighted by Gasteiger charge is -2.25. The van der Waals surface area contributed by atoms with Gasteiger partial charge in [-0.25, -0.2) is 0 Å². The van der Waals surface area contributed by atoms with Crippen LogP contribution in [-0.2, 0) is 14.3 Å². The van der Waals surface area contributed by atoms with Crippen LogP contribution in [0.15, 0.2) is 24.3 Å². The van der Waals surface area contributed by atoms with Crippen LogP contribution >= 0.6 is 0 Å². The first-order valence-corrected chi connectivity index (χ1v) is 7.53. The number of hydrogen-bond donors (Lipinski definition) is 1. The van der Waals surface area contributed by atoms with Crippen molar-refractivity contribution in [3.63, 3.8) is 0 Å². The maximum Gasteiger partial charge on any atom is 0.310 e. The van der Waals surface area contributed by atoms with E-state index in [1.54, 1.807) is 24.0 Å². The summed E-state index contributed by atoms with van der Waals surface area (Å²) < 4.78 is 4.71. The van der Waals surface area contributed by atoms with Gasteiger partial charge in [0.2, 0.25) is 5.91 Å². The molecule has 1 aromatic carbocycles. The summed E-state index contributed by atoms with van der Waals surface area (Å²) in [5.41, 5.74) is 1.54. The van der Waals surface area contributed by atoms with Gasteiger partial charge in [0.15, 0.2) is 0 Å². The van der Waals surface area contributed by atoms with E-state index in [9.17, 15) is 14.4 Å². The summed E-state index contributed by atoms with van der Waals surface area (Å²) in [6, 6.07) is 7.27. The second-order valence-electron chi connectivity index (χ2n) is 5.53. The molecule has 0 fully saturated rings. The molecule has 6 heteroatoms. The van der Waals surface area contributed by atoms with Crippen LogP contribution in [0.3, 0.4) is 0 Å². The van der Waals surface area contributed by atoms with Gasteiger partial charge in [-0.3, -0.25) is 14.4 Å². The van der Waals surface area contributed by atoms with Crippen molar-refractivity contribution in [1.82, 2.24) is 10.2 Å². The van der Waals surface area contributed by atoms with Crippen LogP contribution in [-0.4, -0.2) is 49.4 Å². The summed E-state index contributed by atoms with van der Waals surface area (Å²) in [6.45, 7) is 5.94. The van der Waals surface area contributed by atoms with Gasteiger partial charge in [0.25, 0.3) is 5.91 Å². The Morgan fingerprint density at radius 2 is 2.00 bits per heavy atom. The van der Waals surface area contributed by atoms with E-state index in [0.29, 0.717) is 18.7 Å². The molecule has 0 aliphatic heterocycles. The lowest BCUT2D eigenvalue weighted by Crippen LogP contribution is -2.41. The molecule has 0 bridgehead atoms. The van der Waals surface area contributed by atoms with Crippen molar-refractivity contribution in [2.45, 2.75) is 20.8 Å². The molecule has 6 nitrogen and oxygen atoms in total. The third kappa shape index (κ3) is 6.10. The Morgan fingerprint density at radius 3 is 2.57 bits per heavy atom. The molecule has 0 spiro atoms. The van der Waals surface area contributed by atoms with Gasteiger partial charge in [0.05, 0.1) is 13.0 Å². The van der Waals surface area contributed by atoms with E-state index in [4.69, 9.17) is 4.74 Å². The Hall–Kier alpha value is -2.37. The Morgan fingerprint density at radius 1 is 1.30 bits per heavy atom. The third-order valence-electron chi connectivity index (χ3n) is 3.41. The molecule has 1 aromatic rings. The van der Waals surface area contributed by atoms with Crippen LogP contribution < -0.4 is 5.32 Å². The molecule has 2 amide bonds. The molecule has 0 saturated carbocycles. The predicted octanol–water partition coefficient (Wildman–Crippen LogP) is 1.38. The zero-order valence-electron chi connectivity index (χ0n) is 14.1. The number of methoxy groups -OCH3 is 1. The summed E-state index contributed by atoms with van der Waals surface area (Å²) in [6.07, 6.45) is 0. The predicted molar refractivity (Wildman–Crippen MR) is 86.9 cm³/mol. The van der Waals surface area contributed by atoms with E-state index in [1.807, 2.05) is 19.1 Å². The maximum atomic E-state index is 12.7. The van der Waals surface area contributed by atoms with Gasteiger partial charge < -0.3 is 15.0 Å². The number of benzene rings is 1. The van der Waals surface area contributed by atoms with E-state index >= 15 is 0 Å². The topological polar surface area (TPSA) is 75.7 Å². The van der Waals surface area contributed by atoms with E-state index < -0.39 is 5.92 Å². The highest BCUT2D eigenvalue weighted by molar-refractivity contribution is 5.94. The Bertz CT molecular complexity index is 571. The molecule has 1 N–H and O–H groups in total. The van der Waals surface area contributed by atoms with Crippen molar-refractivity contribution in [3.8, 4) is 0 Å². The van der Waals surface area contributed by atoms with Crippen molar-refractivity contribution in [2.75, 3.05) is 26.7 Å². The molecule has 0 heterocycles. The summed E-state index contributed by atoms with van der Waals surface area (Å²) in [4.78, 5) is 36.9. The Labute approximate surface area is 136 Å². The second-order valence-corrected chi connectivity index (χ2v) is 5.53. The number of nitrogens with one attached hydrogen (secondary N) is 1. The highest BCUT2D eigenvalue weighted by atomic mass is 16.5. The summed E-state index contributed by atoms with van der Waals surface area (Å²) in [5, 5.41) is 2.66. The van der Waals surface area contributed by atoms with Gasteiger partial charge in [0.1, 0.15) is 0 Å². The number of carbonyl (C=O) groups excluding carboxylic acids is 3. The number of hydrogen-bond acceptors (Lipinski definition) is 4. The largest absolute Gasteiger partial charge is 0.469 e. The number of amides is 2. The van der Waals surface area contributed by atoms with Crippen LogP contribution in [0.4, 0.5) is 0 Å². The smallest absolute Gasteiger partial charge is 0.310 e. The minimum absolute atomic E-state index is 0.158. The minimum Gasteiger partial charge on any atom is -0.469 e. The fraction of sp³-hybridized carbons (Fsp3) is 0.471. The van der Waals surface area contributed by atoms with Gasteiger partial charge in [0, 0.05) is 32.1 Å². The van der Waals surface area contributed by atoms with Crippen LogP contribution in [0.2, 0.25) is 0 Å². The molecule has 126 valence electrons. The standard InChI is InChI=1S/C17H24N2O4/c1-12-6-5-7-15(10-12)16(21)19(9-8-18-14(3)20)11-13(2)17(22)23-4/h5-7,10,13H,8-9,11H2,1-4H3,(H,18,20). The second kappa shape index (κ2) is 8.92. The monoisotopic (exact) mass is 320 g/mol. The fourth-order valence-electron chi connectivity index (χ4n) is 2.21. The lowest BCUT2D eigenvalue weighted by molar-refractivity contribution is -0.145. The number of ether oxygens (including phenoxy) is 1. The lowest BCUT2D eigenvalue weighted by atomic mass is 10.1. The molecule has 0 aliphatic rings. The zero-order valence-corrected chi connectivity index (χ0v) is 14.1. The molecular formula is C17H24N2O4. The van der Waals surface area contributed by atoms with Gasteiger partial charge in [-0.2, -0.15) is 0 Å². The molecule has 1 atom stereocenters. The first kappa shape index (κ1) is 18.7. The number of esters is 1. The molecule has 0 radical (unpaired) electrons.